The summed E-state index contributed by atoms with van der Waals surface area (Å²) in [4.78, 5) is 2.11. The number of hydrogen-bond acceptors (Lipinski definition) is 6. The Bertz CT molecular complexity index is 670. The molecule has 9 nitrogen and oxygen atoms in total. The van der Waals surface area contributed by atoms with Crippen molar-refractivity contribution in [1.82, 2.24) is 24.5 Å². The number of anilines is 1. The van der Waals surface area contributed by atoms with Gasteiger partial charge in [-0.1, -0.05) is 5.16 Å². The summed E-state index contributed by atoms with van der Waals surface area (Å²) in [6.45, 7) is 4.03. The van der Waals surface area contributed by atoms with Crippen LogP contribution in [0.2, 0.25) is 0 Å². The van der Waals surface area contributed by atoms with Crippen molar-refractivity contribution < 1.29 is 5.21 Å². The largest absolute Gasteiger partial charge is 0.409 e. The van der Waals surface area contributed by atoms with Gasteiger partial charge in [0, 0.05) is 20.1 Å². The quantitative estimate of drug-likeness (QED) is 0.329. The Morgan fingerprint density at radius 2 is 2.25 bits per heavy atom. The zero-order valence-corrected chi connectivity index (χ0v) is 11.4. The number of aromatic nitrogens is 5. The molecule has 0 aromatic carbocycles. The maximum absolute atomic E-state index is 8.95. The number of amidine groups is 1. The van der Waals surface area contributed by atoms with E-state index in [-0.39, 0.29) is 5.84 Å². The lowest BCUT2D eigenvalue weighted by molar-refractivity contribution is 0.318. The Morgan fingerprint density at radius 1 is 1.45 bits per heavy atom. The van der Waals surface area contributed by atoms with E-state index in [0.29, 0.717) is 12.1 Å². The second-order valence-corrected chi connectivity index (χ2v) is 4.75. The van der Waals surface area contributed by atoms with Crippen LogP contribution in [0.4, 0.5) is 5.82 Å². The molecule has 0 amide bonds. The number of hydrogen-bond donors (Lipinski definition) is 2. The number of fused-ring (bicyclic) bond motifs is 1. The van der Waals surface area contributed by atoms with Crippen LogP contribution in [0.15, 0.2) is 11.5 Å². The highest BCUT2D eigenvalue weighted by atomic mass is 16.4. The molecule has 20 heavy (non-hydrogen) atoms. The number of oxime groups is 1. The summed E-state index contributed by atoms with van der Waals surface area (Å²) < 4.78 is 3.76. The number of aryl methyl sites for hydroxylation is 2. The van der Waals surface area contributed by atoms with Crippen molar-refractivity contribution in [2.24, 2.45) is 17.9 Å². The van der Waals surface area contributed by atoms with Crippen molar-refractivity contribution in [2.75, 3.05) is 11.4 Å². The van der Waals surface area contributed by atoms with Crippen molar-refractivity contribution >= 4 is 11.7 Å². The smallest absolute Gasteiger partial charge is 0.175 e. The average molecular weight is 276 g/mol. The van der Waals surface area contributed by atoms with Crippen molar-refractivity contribution in [2.45, 2.75) is 20.0 Å². The molecule has 0 unspecified atom stereocenters. The Morgan fingerprint density at radius 3 is 3.00 bits per heavy atom. The summed E-state index contributed by atoms with van der Waals surface area (Å²) in [5, 5.41) is 24.4. The third-order valence-electron chi connectivity index (χ3n) is 3.49. The third kappa shape index (κ3) is 1.78. The van der Waals surface area contributed by atoms with Gasteiger partial charge in [-0.25, -0.2) is 0 Å². The molecular weight excluding hydrogens is 260 g/mol. The standard InChI is InChI=1S/C11H16N8O/c1-7-9(10(12)16-20)11(17(2)15-7)18-3-4-19-6-13-14-8(19)5-18/h6,20H,3-5H2,1-2H3,(H2,12,16). The molecule has 2 aromatic heterocycles. The molecule has 106 valence electrons. The molecule has 0 radical (unpaired) electrons. The fourth-order valence-electron chi connectivity index (χ4n) is 2.61. The molecule has 1 aliphatic heterocycles. The van der Waals surface area contributed by atoms with Crippen LogP contribution in [0.3, 0.4) is 0 Å². The van der Waals surface area contributed by atoms with E-state index in [1.165, 1.54) is 0 Å². The Labute approximate surface area is 115 Å². The molecule has 2 aromatic rings. The first-order chi connectivity index (χ1) is 9.61. The molecule has 0 spiro atoms. The highest BCUT2D eigenvalue weighted by Gasteiger charge is 2.26. The average Bonchev–Trinajstić information content (AvgIpc) is 3.00. The van der Waals surface area contributed by atoms with Crippen molar-refractivity contribution in [3.05, 3.63) is 23.4 Å². The van der Waals surface area contributed by atoms with E-state index in [1.54, 1.807) is 11.0 Å². The highest BCUT2D eigenvalue weighted by molar-refractivity contribution is 6.02. The fraction of sp³-hybridized carbons (Fsp3) is 0.455. The van der Waals surface area contributed by atoms with Gasteiger partial charge < -0.3 is 20.4 Å². The molecule has 0 saturated carbocycles. The minimum absolute atomic E-state index is 0.0673. The molecule has 0 bridgehead atoms. The first kappa shape index (κ1) is 12.5. The summed E-state index contributed by atoms with van der Waals surface area (Å²) in [5.41, 5.74) is 7.16. The Hall–Kier alpha value is -2.58. The summed E-state index contributed by atoms with van der Waals surface area (Å²) in [5.74, 6) is 1.78. The zero-order valence-electron chi connectivity index (χ0n) is 11.4. The van der Waals surface area contributed by atoms with Gasteiger partial charge in [0.1, 0.15) is 12.1 Å². The van der Waals surface area contributed by atoms with Crippen LogP contribution < -0.4 is 10.6 Å². The third-order valence-corrected chi connectivity index (χ3v) is 3.49. The molecule has 0 fully saturated rings. The van der Waals surface area contributed by atoms with Gasteiger partial charge in [0.05, 0.1) is 17.8 Å². The number of rotatable bonds is 2. The van der Waals surface area contributed by atoms with Gasteiger partial charge in [-0.2, -0.15) is 5.10 Å². The van der Waals surface area contributed by atoms with E-state index < -0.39 is 0 Å². The van der Waals surface area contributed by atoms with Crippen LogP contribution in [0, 0.1) is 6.92 Å². The van der Waals surface area contributed by atoms with Crippen LogP contribution in [0.1, 0.15) is 17.1 Å². The molecule has 1 aliphatic rings. The number of nitrogens with zero attached hydrogens (tertiary/aromatic N) is 7. The first-order valence-electron chi connectivity index (χ1n) is 6.25. The lowest BCUT2D eigenvalue weighted by Crippen LogP contribution is -2.36. The monoisotopic (exact) mass is 276 g/mol. The molecule has 9 heteroatoms. The van der Waals surface area contributed by atoms with E-state index in [0.717, 1.165) is 30.4 Å². The zero-order chi connectivity index (χ0) is 14.3. The highest BCUT2D eigenvalue weighted by Crippen LogP contribution is 2.26. The van der Waals surface area contributed by atoms with E-state index in [4.69, 9.17) is 10.9 Å². The second-order valence-electron chi connectivity index (χ2n) is 4.75. The van der Waals surface area contributed by atoms with E-state index in [2.05, 4.69) is 25.4 Å². The van der Waals surface area contributed by atoms with Gasteiger partial charge in [-0.05, 0) is 6.92 Å². The first-order valence-corrected chi connectivity index (χ1v) is 6.25. The minimum Gasteiger partial charge on any atom is -0.409 e. The van der Waals surface area contributed by atoms with E-state index >= 15 is 0 Å². The van der Waals surface area contributed by atoms with Gasteiger partial charge in [0.25, 0.3) is 0 Å². The van der Waals surface area contributed by atoms with Gasteiger partial charge in [0.2, 0.25) is 0 Å². The minimum atomic E-state index is 0.0673. The summed E-state index contributed by atoms with van der Waals surface area (Å²) in [6, 6.07) is 0. The normalized spacial score (nSPS) is 15.5. The Kier molecular flexibility index (Phi) is 2.81. The van der Waals surface area contributed by atoms with Crippen LogP contribution >= 0.6 is 0 Å². The van der Waals surface area contributed by atoms with Crippen LogP contribution in [-0.4, -0.2) is 42.1 Å². The topological polar surface area (TPSA) is 110 Å². The SMILES string of the molecule is Cc1nn(C)c(N2CCn3cnnc3C2)c1C(N)=NO. The predicted molar refractivity (Wildman–Crippen MR) is 71.5 cm³/mol. The van der Waals surface area contributed by atoms with Gasteiger partial charge in [-0.15, -0.1) is 10.2 Å². The molecule has 0 aliphatic carbocycles. The predicted octanol–water partition coefficient (Wildman–Crippen LogP) is -0.565. The van der Waals surface area contributed by atoms with E-state index in [9.17, 15) is 0 Å². The van der Waals surface area contributed by atoms with E-state index in [1.807, 2.05) is 18.5 Å². The molecule has 3 N–H and O–H groups in total. The summed E-state index contributed by atoms with van der Waals surface area (Å²) in [6.07, 6.45) is 1.73. The van der Waals surface area contributed by atoms with Gasteiger partial charge in [-0.3, -0.25) is 4.68 Å². The van der Waals surface area contributed by atoms with Crippen molar-refractivity contribution in [3.63, 3.8) is 0 Å². The second kappa shape index (κ2) is 4.51. The molecular formula is C11H16N8O. The maximum atomic E-state index is 8.95. The maximum Gasteiger partial charge on any atom is 0.175 e. The lowest BCUT2D eigenvalue weighted by atomic mass is 10.2. The molecule has 3 rings (SSSR count). The molecule has 3 heterocycles. The van der Waals surface area contributed by atoms with Crippen molar-refractivity contribution in [1.29, 1.82) is 0 Å². The van der Waals surface area contributed by atoms with Gasteiger partial charge >= 0.3 is 0 Å². The fourth-order valence-corrected chi connectivity index (χ4v) is 2.61. The Balaban J connectivity index is 2.03. The van der Waals surface area contributed by atoms with Crippen molar-refractivity contribution in [3.8, 4) is 0 Å². The number of nitrogens with two attached hydrogens (primary N) is 1. The summed E-state index contributed by atoms with van der Waals surface area (Å²) in [7, 11) is 1.84. The summed E-state index contributed by atoms with van der Waals surface area (Å²) >= 11 is 0. The molecule has 0 saturated heterocycles. The van der Waals surface area contributed by atoms with Crippen LogP contribution in [0.25, 0.3) is 0 Å². The van der Waals surface area contributed by atoms with Gasteiger partial charge in [0.15, 0.2) is 11.7 Å². The van der Waals surface area contributed by atoms with Crippen LogP contribution in [-0.2, 0) is 20.1 Å². The van der Waals surface area contributed by atoms with Crippen LogP contribution in [0.5, 0.6) is 0 Å². The lowest BCUT2D eigenvalue weighted by Gasteiger charge is -2.29. The molecule has 0 atom stereocenters.